The first kappa shape index (κ1) is 7.90. The lowest BCUT2D eigenvalue weighted by Crippen LogP contribution is -2.41. The van der Waals surface area contributed by atoms with E-state index in [9.17, 15) is 0 Å². The summed E-state index contributed by atoms with van der Waals surface area (Å²) in [6, 6.07) is -0.694. The van der Waals surface area contributed by atoms with Gasteiger partial charge in [0, 0.05) is 0 Å². The van der Waals surface area contributed by atoms with E-state index >= 15 is 0 Å². The molecule has 0 saturated carbocycles. The molecular formula is C5H11NO4. The number of aliphatic hydroxyl groups excluding tert-OH is 3. The SMILES string of the molecule is N[C@H]1[C@@H](O)[C@@H](O)O[C@@H]1CO. The third kappa shape index (κ3) is 1.14. The predicted octanol–water partition coefficient (Wildman–Crippen LogP) is -2.62. The Bertz CT molecular complexity index is 120. The first-order valence-electron chi connectivity index (χ1n) is 3.05. The molecule has 0 bridgehead atoms. The molecule has 0 aromatic heterocycles. The summed E-state index contributed by atoms with van der Waals surface area (Å²) in [5.74, 6) is 0. The zero-order valence-electron chi connectivity index (χ0n) is 5.34. The van der Waals surface area contributed by atoms with E-state index in [0.29, 0.717) is 0 Å². The van der Waals surface area contributed by atoms with Crippen LogP contribution in [0.15, 0.2) is 0 Å². The van der Waals surface area contributed by atoms with E-state index in [1.807, 2.05) is 0 Å². The molecule has 10 heavy (non-hydrogen) atoms. The van der Waals surface area contributed by atoms with Crippen LogP contribution in [0.3, 0.4) is 0 Å². The molecule has 1 rings (SSSR count). The number of hydrogen-bond acceptors (Lipinski definition) is 5. The second kappa shape index (κ2) is 2.81. The summed E-state index contributed by atoms with van der Waals surface area (Å²) >= 11 is 0. The van der Waals surface area contributed by atoms with Crippen molar-refractivity contribution in [3.8, 4) is 0 Å². The highest BCUT2D eigenvalue weighted by molar-refractivity contribution is 4.88. The zero-order chi connectivity index (χ0) is 7.72. The Hall–Kier alpha value is -0.200. The topological polar surface area (TPSA) is 95.9 Å². The van der Waals surface area contributed by atoms with Crippen LogP contribution < -0.4 is 5.73 Å². The zero-order valence-corrected chi connectivity index (χ0v) is 5.34. The first-order valence-corrected chi connectivity index (χ1v) is 3.05. The maximum absolute atomic E-state index is 8.96. The lowest BCUT2D eigenvalue weighted by Gasteiger charge is -2.10. The quantitative estimate of drug-likeness (QED) is 0.327. The fourth-order valence-corrected chi connectivity index (χ4v) is 0.925. The van der Waals surface area contributed by atoms with Gasteiger partial charge in [0.25, 0.3) is 0 Å². The summed E-state index contributed by atoms with van der Waals surface area (Å²) in [6.07, 6.45) is -2.99. The molecule has 1 aliphatic rings. The van der Waals surface area contributed by atoms with Crippen molar-refractivity contribution >= 4 is 0 Å². The predicted molar refractivity (Wildman–Crippen MR) is 31.9 cm³/mol. The highest BCUT2D eigenvalue weighted by Gasteiger charge is 2.39. The van der Waals surface area contributed by atoms with Crippen molar-refractivity contribution in [1.82, 2.24) is 0 Å². The number of aliphatic hydroxyl groups is 3. The fourth-order valence-electron chi connectivity index (χ4n) is 0.925. The Labute approximate surface area is 58.0 Å². The molecule has 0 aliphatic carbocycles. The van der Waals surface area contributed by atoms with Crippen LogP contribution >= 0.6 is 0 Å². The van der Waals surface area contributed by atoms with E-state index in [4.69, 9.17) is 21.1 Å². The number of hydrogen-bond donors (Lipinski definition) is 4. The molecule has 5 N–H and O–H groups in total. The molecule has 1 fully saturated rings. The maximum Gasteiger partial charge on any atom is 0.182 e. The molecule has 1 heterocycles. The van der Waals surface area contributed by atoms with Crippen LogP contribution in [0.2, 0.25) is 0 Å². The summed E-state index contributed by atoms with van der Waals surface area (Å²) in [6.45, 7) is -0.282. The molecule has 0 spiro atoms. The molecule has 5 nitrogen and oxygen atoms in total. The monoisotopic (exact) mass is 149 g/mol. The van der Waals surface area contributed by atoms with Gasteiger partial charge in [-0.25, -0.2) is 0 Å². The van der Waals surface area contributed by atoms with Crippen LogP contribution in [0.1, 0.15) is 0 Å². The molecule has 5 heteroatoms. The summed E-state index contributed by atoms with van der Waals surface area (Å²) in [5, 5.41) is 26.3. The van der Waals surface area contributed by atoms with Crippen LogP contribution in [-0.4, -0.2) is 46.5 Å². The normalized spacial score (nSPS) is 48.0. The van der Waals surface area contributed by atoms with E-state index < -0.39 is 24.5 Å². The van der Waals surface area contributed by atoms with Gasteiger partial charge in [-0.2, -0.15) is 0 Å². The second-order valence-electron chi connectivity index (χ2n) is 2.32. The van der Waals surface area contributed by atoms with E-state index in [2.05, 4.69) is 4.74 Å². The Morgan fingerprint density at radius 1 is 1.40 bits per heavy atom. The molecule has 0 amide bonds. The lowest BCUT2D eigenvalue weighted by atomic mass is 10.1. The minimum absolute atomic E-state index is 0.282. The molecule has 60 valence electrons. The largest absolute Gasteiger partial charge is 0.394 e. The Morgan fingerprint density at radius 2 is 2.00 bits per heavy atom. The Kier molecular flexibility index (Phi) is 2.22. The molecule has 1 aliphatic heterocycles. The summed E-state index contributed by atoms with van der Waals surface area (Å²) in [4.78, 5) is 0. The highest BCUT2D eigenvalue weighted by Crippen LogP contribution is 2.16. The molecule has 0 radical (unpaired) electrons. The standard InChI is InChI=1S/C5H11NO4/c6-3-2(1-7)10-5(9)4(3)8/h2-5,7-9H,1,6H2/t2-,3-,4-,5+/m1/s1. The minimum Gasteiger partial charge on any atom is -0.394 e. The second-order valence-corrected chi connectivity index (χ2v) is 2.32. The summed E-state index contributed by atoms with van der Waals surface area (Å²) < 4.78 is 4.67. The van der Waals surface area contributed by atoms with Gasteiger partial charge in [-0.15, -0.1) is 0 Å². The Balaban J connectivity index is 2.53. The summed E-state index contributed by atoms with van der Waals surface area (Å²) in [7, 11) is 0. The molecule has 0 unspecified atom stereocenters. The van der Waals surface area contributed by atoms with Gasteiger partial charge < -0.3 is 25.8 Å². The van der Waals surface area contributed by atoms with E-state index in [-0.39, 0.29) is 6.61 Å². The van der Waals surface area contributed by atoms with Crippen LogP contribution in [0, 0.1) is 0 Å². The first-order chi connectivity index (χ1) is 4.66. The third-order valence-electron chi connectivity index (χ3n) is 1.61. The van der Waals surface area contributed by atoms with Crippen molar-refractivity contribution in [2.24, 2.45) is 5.73 Å². The van der Waals surface area contributed by atoms with Gasteiger partial charge >= 0.3 is 0 Å². The molecular weight excluding hydrogens is 138 g/mol. The maximum atomic E-state index is 8.96. The van der Waals surface area contributed by atoms with Gasteiger partial charge in [0.2, 0.25) is 0 Å². The molecule has 4 atom stereocenters. The molecule has 0 aromatic carbocycles. The average molecular weight is 149 g/mol. The highest BCUT2D eigenvalue weighted by atomic mass is 16.6. The van der Waals surface area contributed by atoms with Crippen molar-refractivity contribution < 1.29 is 20.1 Å². The van der Waals surface area contributed by atoms with Crippen molar-refractivity contribution in [3.63, 3.8) is 0 Å². The van der Waals surface area contributed by atoms with Gasteiger partial charge in [0.1, 0.15) is 12.2 Å². The number of rotatable bonds is 1. The van der Waals surface area contributed by atoms with Gasteiger partial charge in [0.05, 0.1) is 12.6 Å². The minimum atomic E-state index is -1.26. The fraction of sp³-hybridized carbons (Fsp3) is 1.00. The van der Waals surface area contributed by atoms with Crippen molar-refractivity contribution in [2.45, 2.75) is 24.5 Å². The van der Waals surface area contributed by atoms with Crippen molar-refractivity contribution in [1.29, 1.82) is 0 Å². The van der Waals surface area contributed by atoms with E-state index in [0.717, 1.165) is 0 Å². The van der Waals surface area contributed by atoms with Crippen LogP contribution in [0.25, 0.3) is 0 Å². The average Bonchev–Trinajstić information content (AvgIpc) is 2.17. The lowest BCUT2D eigenvalue weighted by molar-refractivity contribution is -0.132. The molecule has 0 aromatic rings. The van der Waals surface area contributed by atoms with Gasteiger partial charge in [-0.3, -0.25) is 0 Å². The van der Waals surface area contributed by atoms with Crippen molar-refractivity contribution in [2.75, 3.05) is 6.61 Å². The van der Waals surface area contributed by atoms with Crippen molar-refractivity contribution in [3.05, 3.63) is 0 Å². The summed E-state index contributed by atoms with van der Waals surface area (Å²) in [5.41, 5.74) is 5.33. The van der Waals surface area contributed by atoms with Gasteiger partial charge in [0.15, 0.2) is 6.29 Å². The van der Waals surface area contributed by atoms with Crippen LogP contribution in [0.5, 0.6) is 0 Å². The van der Waals surface area contributed by atoms with Gasteiger partial charge in [-0.05, 0) is 0 Å². The van der Waals surface area contributed by atoms with Crippen LogP contribution in [-0.2, 0) is 4.74 Å². The number of nitrogens with two attached hydrogens (primary N) is 1. The van der Waals surface area contributed by atoms with Crippen LogP contribution in [0.4, 0.5) is 0 Å². The Morgan fingerprint density at radius 3 is 2.20 bits per heavy atom. The van der Waals surface area contributed by atoms with E-state index in [1.165, 1.54) is 0 Å². The molecule has 1 saturated heterocycles. The number of ether oxygens (including phenoxy) is 1. The third-order valence-corrected chi connectivity index (χ3v) is 1.61. The smallest absolute Gasteiger partial charge is 0.182 e. The van der Waals surface area contributed by atoms with E-state index in [1.54, 1.807) is 0 Å². The van der Waals surface area contributed by atoms with Gasteiger partial charge in [-0.1, -0.05) is 0 Å².